The van der Waals surface area contributed by atoms with Gasteiger partial charge in [0.05, 0.1) is 18.6 Å². The fourth-order valence-electron chi connectivity index (χ4n) is 3.53. The summed E-state index contributed by atoms with van der Waals surface area (Å²) in [5.74, 6) is -0.819. The third-order valence-electron chi connectivity index (χ3n) is 4.66. The first kappa shape index (κ1) is 15.5. The van der Waals surface area contributed by atoms with E-state index in [-0.39, 0.29) is 23.6 Å². The number of esters is 1. The van der Waals surface area contributed by atoms with Gasteiger partial charge in [-0.15, -0.1) is 0 Å². The van der Waals surface area contributed by atoms with Gasteiger partial charge in [-0.05, 0) is 25.8 Å². The second-order valence-corrected chi connectivity index (χ2v) is 6.19. The van der Waals surface area contributed by atoms with Crippen molar-refractivity contribution in [2.45, 2.75) is 32.6 Å². The first-order chi connectivity index (χ1) is 11.0. The number of nitrogens with one attached hydrogen (secondary N) is 1. The Kier molecular flexibility index (Phi) is 4.07. The number of methoxy groups -OCH3 is 1. The van der Waals surface area contributed by atoms with E-state index in [1.165, 1.54) is 7.11 Å². The lowest BCUT2D eigenvalue weighted by Crippen LogP contribution is -2.40. The van der Waals surface area contributed by atoms with Gasteiger partial charge in [-0.25, -0.2) is 4.79 Å². The van der Waals surface area contributed by atoms with Gasteiger partial charge in [0.2, 0.25) is 0 Å². The molecule has 1 aromatic carbocycles. The van der Waals surface area contributed by atoms with E-state index in [2.05, 4.69) is 11.4 Å². The number of ketones is 1. The molecule has 0 radical (unpaired) electrons. The molecule has 1 aliphatic heterocycles. The molecule has 0 amide bonds. The van der Waals surface area contributed by atoms with E-state index in [0.717, 1.165) is 28.9 Å². The maximum Gasteiger partial charge on any atom is 0.336 e. The van der Waals surface area contributed by atoms with Crippen LogP contribution in [0.2, 0.25) is 0 Å². The molecule has 0 saturated heterocycles. The van der Waals surface area contributed by atoms with E-state index in [1.54, 1.807) is 0 Å². The lowest BCUT2D eigenvalue weighted by atomic mass is 9.71. The first-order valence-electron chi connectivity index (χ1n) is 7.88. The highest BCUT2D eigenvalue weighted by atomic mass is 16.5. The van der Waals surface area contributed by atoms with E-state index >= 15 is 0 Å². The van der Waals surface area contributed by atoms with Gasteiger partial charge in [0.15, 0.2) is 0 Å². The molecule has 2 atom stereocenters. The number of aryl methyl sites for hydroxylation is 1. The Morgan fingerprint density at radius 3 is 2.52 bits per heavy atom. The number of hydrogen-bond donors (Lipinski definition) is 1. The average Bonchev–Trinajstić information content (AvgIpc) is 2.54. The summed E-state index contributed by atoms with van der Waals surface area (Å²) in [7, 11) is 1.38. The van der Waals surface area contributed by atoms with Crippen LogP contribution < -0.4 is 5.32 Å². The smallest absolute Gasteiger partial charge is 0.336 e. The summed E-state index contributed by atoms with van der Waals surface area (Å²) in [6, 6.07) is 8.03. The summed E-state index contributed by atoms with van der Waals surface area (Å²) in [5, 5.41) is 3.24. The first-order valence-corrected chi connectivity index (χ1v) is 7.88. The number of Topliss-reactive ketones (excluding diaryl/α,β-unsaturated/α-hetero) is 1. The second-order valence-electron chi connectivity index (χ2n) is 6.19. The van der Waals surface area contributed by atoms with Crippen LogP contribution in [0.5, 0.6) is 0 Å². The largest absolute Gasteiger partial charge is 0.466 e. The molecule has 23 heavy (non-hydrogen) atoms. The molecule has 0 saturated carbocycles. The minimum absolute atomic E-state index is 0.175. The number of carbonyl (C=O) groups excluding carboxylic acids is 2. The third kappa shape index (κ3) is 2.69. The van der Waals surface area contributed by atoms with Crippen molar-refractivity contribution < 1.29 is 14.3 Å². The van der Waals surface area contributed by atoms with Crippen molar-refractivity contribution in [1.29, 1.82) is 0 Å². The number of ether oxygens (including phenoxy) is 1. The Labute approximate surface area is 136 Å². The topological polar surface area (TPSA) is 55.4 Å². The van der Waals surface area contributed by atoms with Crippen molar-refractivity contribution in [2.75, 3.05) is 7.11 Å². The van der Waals surface area contributed by atoms with Crippen LogP contribution in [0.1, 0.15) is 36.8 Å². The quantitative estimate of drug-likeness (QED) is 0.853. The van der Waals surface area contributed by atoms with Crippen molar-refractivity contribution in [2.24, 2.45) is 5.92 Å². The zero-order valence-corrected chi connectivity index (χ0v) is 13.7. The predicted molar refractivity (Wildman–Crippen MR) is 87.6 cm³/mol. The van der Waals surface area contributed by atoms with Crippen LogP contribution >= 0.6 is 0 Å². The summed E-state index contributed by atoms with van der Waals surface area (Å²) in [6.07, 6.45) is 3.34. The summed E-state index contributed by atoms with van der Waals surface area (Å²) in [5.41, 5.74) is 4.35. The Hall–Kier alpha value is -2.36. The van der Waals surface area contributed by atoms with Gasteiger partial charge in [0, 0.05) is 23.7 Å². The van der Waals surface area contributed by atoms with Crippen LogP contribution in [-0.2, 0) is 14.3 Å². The minimum atomic E-state index is -0.377. The molecule has 0 bridgehead atoms. The zero-order chi connectivity index (χ0) is 16.6. The number of benzene rings is 1. The van der Waals surface area contributed by atoms with Gasteiger partial charge < -0.3 is 10.1 Å². The monoisotopic (exact) mass is 311 g/mol. The van der Waals surface area contributed by atoms with Crippen molar-refractivity contribution in [1.82, 2.24) is 5.32 Å². The zero-order valence-electron chi connectivity index (χ0n) is 13.7. The van der Waals surface area contributed by atoms with Crippen LogP contribution in [0.25, 0.3) is 0 Å². The van der Waals surface area contributed by atoms with Crippen molar-refractivity contribution in [3.8, 4) is 0 Å². The van der Waals surface area contributed by atoms with E-state index < -0.39 is 0 Å². The highest BCUT2D eigenvalue weighted by Crippen LogP contribution is 2.43. The minimum Gasteiger partial charge on any atom is -0.466 e. The van der Waals surface area contributed by atoms with E-state index in [4.69, 9.17) is 4.74 Å². The highest BCUT2D eigenvalue weighted by Gasteiger charge is 2.43. The normalized spacial score (nSPS) is 23.8. The molecule has 0 fully saturated rings. The molecular formula is C19H21NO3. The maximum atomic E-state index is 12.6. The summed E-state index contributed by atoms with van der Waals surface area (Å²) in [4.78, 5) is 24.9. The third-order valence-corrected chi connectivity index (χ3v) is 4.66. The van der Waals surface area contributed by atoms with Gasteiger partial charge in [0.25, 0.3) is 0 Å². The molecule has 2 aliphatic rings. The number of fused-ring (bicyclic) bond motifs is 1. The van der Waals surface area contributed by atoms with E-state index in [1.807, 2.05) is 38.1 Å². The van der Waals surface area contributed by atoms with Gasteiger partial charge >= 0.3 is 5.97 Å². The van der Waals surface area contributed by atoms with Crippen molar-refractivity contribution in [3.63, 3.8) is 0 Å². The number of allylic oxidation sites excluding steroid dienone is 3. The maximum absolute atomic E-state index is 12.6. The molecule has 0 aromatic heterocycles. The summed E-state index contributed by atoms with van der Waals surface area (Å²) < 4.78 is 4.98. The van der Waals surface area contributed by atoms with Gasteiger partial charge in [0.1, 0.15) is 5.78 Å². The van der Waals surface area contributed by atoms with E-state index in [0.29, 0.717) is 12.0 Å². The second kappa shape index (κ2) is 6.03. The number of hydrogen-bond acceptors (Lipinski definition) is 4. The SMILES string of the molecule is COC(=O)C1=C(C)NC2=CCCC(=O)C2C1c1ccc(C)cc1. The summed E-state index contributed by atoms with van der Waals surface area (Å²) in [6.45, 7) is 3.88. The highest BCUT2D eigenvalue weighted by molar-refractivity contribution is 5.96. The molecule has 1 N–H and O–H groups in total. The molecule has 0 spiro atoms. The van der Waals surface area contributed by atoms with Gasteiger partial charge in [-0.3, -0.25) is 4.79 Å². The lowest BCUT2D eigenvalue weighted by Gasteiger charge is -2.37. The van der Waals surface area contributed by atoms with Crippen LogP contribution in [0.15, 0.2) is 47.3 Å². The Morgan fingerprint density at radius 1 is 1.17 bits per heavy atom. The average molecular weight is 311 g/mol. The van der Waals surface area contributed by atoms with Gasteiger partial charge in [-0.2, -0.15) is 0 Å². The fraction of sp³-hybridized carbons (Fsp3) is 0.368. The molecule has 1 aromatic rings. The molecule has 4 nitrogen and oxygen atoms in total. The van der Waals surface area contributed by atoms with Crippen molar-refractivity contribution >= 4 is 11.8 Å². The van der Waals surface area contributed by atoms with Gasteiger partial charge in [-0.1, -0.05) is 35.9 Å². The van der Waals surface area contributed by atoms with E-state index in [9.17, 15) is 9.59 Å². The molecule has 120 valence electrons. The molecule has 1 heterocycles. The Bertz CT molecular complexity index is 713. The molecule has 4 heteroatoms. The fourth-order valence-corrected chi connectivity index (χ4v) is 3.53. The number of rotatable bonds is 2. The van der Waals surface area contributed by atoms with Crippen molar-refractivity contribution in [3.05, 3.63) is 58.4 Å². The van der Waals surface area contributed by atoms with Crippen LogP contribution in [0, 0.1) is 12.8 Å². The summed E-state index contributed by atoms with van der Waals surface area (Å²) >= 11 is 0. The lowest BCUT2D eigenvalue weighted by molar-refractivity contribution is -0.136. The number of carbonyl (C=O) groups is 2. The Morgan fingerprint density at radius 2 is 1.87 bits per heavy atom. The van der Waals surface area contributed by atoms with Crippen LogP contribution in [-0.4, -0.2) is 18.9 Å². The molecular weight excluding hydrogens is 290 g/mol. The molecule has 2 unspecified atom stereocenters. The Balaban J connectivity index is 2.18. The molecule has 1 aliphatic carbocycles. The predicted octanol–water partition coefficient (Wildman–Crippen LogP) is 2.99. The standard InChI is InChI=1S/C19H21NO3/c1-11-7-9-13(10-8-11)17-16(19(22)23-3)12(2)20-14-5-4-6-15(21)18(14)17/h5,7-10,17-18,20H,4,6H2,1-3H3. The van der Waals surface area contributed by atoms with Crippen LogP contribution in [0.4, 0.5) is 0 Å². The van der Waals surface area contributed by atoms with Crippen LogP contribution in [0.3, 0.4) is 0 Å². The molecule has 3 rings (SSSR count).